The van der Waals surface area contributed by atoms with E-state index in [9.17, 15) is 0 Å². The quantitative estimate of drug-likeness (QED) is 0.459. The summed E-state index contributed by atoms with van der Waals surface area (Å²) < 4.78 is 0. The van der Waals surface area contributed by atoms with Crippen molar-refractivity contribution in [3.63, 3.8) is 0 Å². The van der Waals surface area contributed by atoms with Crippen molar-refractivity contribution in [3.8, 4) is 0 Å². The molecule has 7 heavy (non-hydrogen) atoms. The molecule has 1 aliphatic heterocycles. The molecule has 0 aliphatic carbocycles. The summed E-state index contributed by atoms with van der Waals surface area (Å²) in [5.74, 6) is 0. The first kappa shape index (κ1) is 4.59. The molecule has 0 saturated heterocycles. The van der Waals surface area contributed by atoms with Gasteiger partial charge in [0.05, 0.1) is 12.3 Å². The maximum atomic E-state index is 8.40. The molecular weight excluding hydrogens is 92.1 g/mol. The Morgan fingerprint density at radius 2 is 2.71 bits per heavy atom. The number of aliphatic hydroxyl groups excluding tert-OH is 1. The van der Waals surface area contributed by atoms with Gasteiger partial charge in [0.15, 0.2) is 0 Å². The molecule has 3 nitrogen and oxygen atoms in total. The number of aliphatic hydroxyl groups is 1. The first-order valence-electron chi connectivity index (χ1n) is 2.32. The number of hydrazone groups is 1. The smallest absolute Gasteiger partial charge is 0.0832 e. The molecule has 0 unspecified atom stereocenters. The summed E-state index contributed by atoms with van der Waals surface area (Å²) in [6, 6.07) is 0. The molecule has 0 bridgehead atoms. The Morgan fingerprint density at radius 3 is 3.00 bits per heavy atom. The summed E-state index contributed by atoms with van der Waals surface area (Å²) in [6.07, 6.45) is 0.899. The average molecular weight is 100 g/mol. The predicted octanol–water partition coefficient (Wildman–Crippen LogP) is -0.672. The Kier molecular flexibility index (Phi) is 1.26. The monoisotopic (exact) mass is 100 g/mol. The van der Waals surface area contributed by atoms with E-state index >= 15 is 0 Å². The van der Waals surface area contributed by atoms with Crippen molar-refractivity contribution < 1.29 is 5.11 Å². The number of rotatable bonds is 1. The highest BCUT2D eigenvalue weighted by atomic mass is 16.3. The van der Waals surface area contributed by atoms with E-state index in [0.29, 0.717) is 0 Å². The molecule has 0 fully saturated rings. The fourth-order valence-electron chi connectivity index (χ4n) is 0.538. The minimum atomic E-state index is 0.104. The van der Waals surface area contributed by atoms with Crippen molar-refractivity contribution in [1.82, 2.24) is 5.43 Å². The van der Waals surface area contributed by atoms with Gasteiger partial charge >= 0.3 is 0 Å². The highest BCUT2D eigenvalue weighted by molar-refractivity contribution is 5.86. The molecule has 0 aromatic heterocycles. The minimum absolute atomic E-state index is 0.104. The molecule has 0 saturated carbocycles. The van der Waals surface area contributed by atoms with Gasteiger partial charge in [-0.3, -0.25) is 0 Å². The van der Waals surface area contributed by atoms with E-state index in [4.69, 9.17) is 5.11 Å². The molecule has 0 aromatic carbocycles. The SMILES string of the molecule is OCC1=NNCC1. The molecule has 3 heteroatoms. The largest absolute Gasteiger partial charge is 0.390 e. The summed E-state index contributed by atoms with van der Waals surface area (Å²) in [6.45, 7) is 0.989. The van der Waals surface area contributed by atoms with Crippen LogP contribution in [0.1, 0.15) is 6.42 Å². The van der Waals surface area contributed by atoms with Crippen LogP contribution < -0.4 is 5.43 Å². The van der Waals surface area contributed by atoms with Crippen LogP contribution in [0.25, 0.3) is 0 Å². The second kappa shape index (κ2) is 1.93. The van der Waals surface area contributed by atoms with Gasteiger partial charge in [0.2, 0.25) is 0 Å². The maximum absolute atomic E-state index is 8.40. The van der Waals surface area contributed by atoms with Crippen molar-refractivity contribution in [2.45, 2.75) is 6.42 Å². The number of nitrogens with one attached hydrogen (secondary N) is 1. The molecule has 40 valence electrons. The Labute approximate surface area is 42.0 Å². The zero-order valence-electron chi connectivity index (χ0n) is 4.02. The molecule has 0 radical (unpaired) electrons. The first-order chi connectivity index (χ1) is 3.43. The third kappa shape index (κ3) is 0.899. The number of hydrogen-bond acceptors (Lipinski definition) is 3. The summed E-state index contributed by atoms with van der Waals surface area (Å²) in [4.78, 5) is 0. The van der Waals surface area contributed by atoms with E-state index < -0.39 is 0 Å². The van der Waals surface area contributed by atoms with Crippen molar-refractivity contribution in [3.05, 3.63) is 0 Å². The highest BCUT2D eigenvalue weighted by Gasteiger charge is 2.01. The van der Waals surface area contributed by atoms with Crippen LogP contribution >= 0.6 is 0 Å². The first-order valence-corrected chi connectivity index (χ1v) is 2.32. The highest BCUT2D eigenvalue weighted by Crippen LogP contribution is 1.89. The standard InChI is InChI=1S/C4H8N2O/c7-3-4-1-2-5-6-4/h5,7H,1-3H2. The predicted molar refractivity (Wildman–Crippen MR) is 27.1 cm³/mol. The second-order valence-corrected chi connectivity index (χ2v) is 1.49. The van der Waals surface area contributed by atoms with Gasteiger partial charge in [0.1, 0.15) is 0 Å². The lowest BCUT2D eigenvalue weighted by Gasteiger charge is -1.83. The second-order valence-electron chi connectivity index (χ2n) is 1.49. The molecule has 1 heterocycles. The fraction of sp³-hybridized carbons (Fsp3) is 0.750. The van der Waals surface area contributed by atoms with Crippen LogP contribution in [0.4, 0.5) is 0 Å². The molecule has 1 aliphatic rings. The zero-order chi connectivity index (χ0) is 5.11. The third-order valence-electron chi connectivity index (χ3n) is 0.945. The Balaban J connectivity index is 2.36. The summed E-state index contributed by atoms with van der Waals surface area (Å²) in [7, 11) is 0. The van der Waals surface area contributed by atoms with Crippen LogP contribution in [0.15, 0.2) is 5.10 Å². The van der Waals surface area contributed by atoms with Crippen LogP contribution in [0.5, 0.6) is 0 Å². The van der Waals surface area contributed by atoms with Gasteiger partial charge in [-0.1, -0.05) is 0 Å². The van der Waals surface area contributed by atoms with E-state index in [-0.39, 0.29) is 6.61 Å². The van der Waals surface area contributed by atoms with Crippen LogP contribution in [0.3, 0.4) is 0 Å². The lowest BCUT2D eigenvalue weighted by molar-refractivity contribution is 0.356. The van der Waals surface area contributed by atoms with Crippen molar-refractivity contribution >= 4 is 5.71 Å². The summed E-state index contributed by atoms with van der Waals surface area (Å²) in [5, 5.41) is 12.2. The van der Waals surface area contributed by atoms with Crippen LogP contribution in [-0.4, -0.2) is 24.0 Å². The molecule has 0 aromatic rings. The van der Waals surface area contributed by atoms with Crippen molar-refractivity contribution in [2.75, 3.05) is 13.2 Å². The molecule has 2 N–H and O–H groups in total. The van der Waals surface area contributed by atoms with E-state index in [1.54, 1.807) is 0 Å². The summed E-state index contributed by atoms with van der Waals surface area (Å²) >= 11 is 0. The average Bonchev–Trinajstić information content (AvgIpc) is 2.14. The van der Waals surface area contributed by atoms with Crippen molar-refractivity contribution in [2.24, 2.45) is 5.10 Å². The number of hydrogen-bond donors (Lipinski definition) is 2. The van der Waals surface area contributed by atoms with E-state index in [2.05, 4.69) is 10.5 Å². The van der Waals surface area contributed by atoms with E-state index in [1.165, 1.54) is 0 Å². The molecule has 0 amide bonds. The van der Waals surface area contributed by atoms with Gasteiger partial charge in [-0.05, 0) is 0 Å². The maximum Gasteiger partial charge on any atom is 0.0832 e. The lowest BCUT2D eigenvalue weighted by atomic mass is 10.3. The van der Waals surface area contributed by atoms with E-state index in [0.717, 1.165) is 18.7 Å². The van der Waals surface area contributed by atoms with Crippen LogP contribution in [0, 0.1) is 0 Å². The van der Waals surface area contributed by atoms with Gasteiger partial charge in [0.25, 0.3) is 0 Å². The Hall–Kier alpha value is -0.570. The molecule has 1 rings (SSSR count). The number of nitrogens with zero attached hydrogens (tertiary/aromatic N) is 1. The van der Waals surface area contributed by atoms with Crippen LogP contribution in [0.2, 0.25) is 0 Å². The van der Waals surface area contributed by atoms with Gasteiger partial charge in [0, 0.05) is 13.0 Å². The van der Waals surface area contributed by atoms with Gasteiger partial charge in [-0.25, -0.2) is 0 Å². The van der Waals surface area contributed by atoms with Crippen molar-refractivity contribution in [1.29, 1.82) is 0 Å². The van der Waals surface area contributed by atoms with Gasteiger partial charge in [-0.15, -0.1) is 0 Å². The van der Waals surface area contributed by atoms with Gasteiger partial charge in [-0.2, -0.15) is 5.10 Å². The lowest BCUT2D eigenvalue weighted by Crippen LogP contribution is -1.99. The van der Waals surface area contributed by atoms with E-state index in [1.807, 2.05) is 0 Å². The molecule has 0 spiro atoms. The topological polar surface area (TPSA) is 44.6 Å². The summed E-state index contributed by atoms with van der Waals surface area (Å²) in [5.41, 5.74) is 3.61. The molecular formula is C4H8N2O. The Morgan fingerprint density at radius 1 is 1.86 bits per heavy atom. The van der Waals surface area contributed by atoms with Gasteiger partial charge < -0.3 is 10.5 Å². The zero-order valence-corrected chi connectivity index (χ0v) is 4.02. The van der Waals surface area contributed by atoms with Crippen LogP contribution in [-0.2, 0) is 0 Å². The third-order valence-corrected chi connectivity index (χ3v) is 0.945. The fourth-order valence-corrected chi connectivity index (χ4v) is 0.538. The molecule has 0 atom stereocenters. The Bertz CT molecular complexity index is 89.7. The normalized spacial score (nSPS) is 18.7. The minimum Gasteiger partial charge on any atom is -0.390 e.